The second-order valence-electron chi connectivity index (χ2n) is 7.96. The number of aryl methyl sites for hydroxylation is 2. The van der Waals surface area contributed by atoms with Crippen LogP contribution in [0.15, 0.2) is 40.9 Å². The molecule has 0 bridgehead atoms. The predicted octanol–water partition coefficient (Wildman–Crippen LogP) is 4.11. The fourth-order valence-corrected chi connectivity index (χ4v) is 4.07. The van der Waals surface area contributed by atoms with Crippen LogP contribution < -0.4 is 0 Å². The third-order valence-electron chi connectivity index (χ3n) is 5.55. The zero-order chi connectivity index (χ0) is 21.1. The molecule has 3 heterocycles. The summed E-state index contributed by atoms with van der Waals surface area (Å²) in [4.78, 5) is 19.4. The Balaban J connectivity index is 1.44. The van der Waals surface area contributed by atoms with Gasteiger partial charge in [0.1, 0.15) is 17.3 Å². The van der Waals surface area contributed by atoms with Gasteiger partial charge in [-0.2, -0.15) is 5.10 Å². The average Bonchev–Trinajstić information content (AvgIpc) is 3.34. The molecule has 4 rings (SSSR count). The highest BCUT2D eigenvalue weighted by Crippen LogP contribution is 2.28. The zero-order valence-electron chi connectivity index (χ0n) is 17.5. The summed E-state index contributed by atoms with van der Waals surface area (Å²) in [6.45, 7) is 3.40. The summed E-state index contributed by atoms with van der Waals surface area (Å²) in [7, 11) is 1.82. The van der Waals surface area contributed by atoms with Crippen molar-refractivity contribution in [2.24, 2.45) is 7.05 Å². The van der Waals surface area contributed by atoms with Gasteiger partial charge >= 0.3 is 0 Å². The van der Waals surface area contributed by atoms with Crippen LogP contribution in [-0.4, -0.2) is 38.7 Å². The number of halogens is 1. The second-order valence-corrected chi connectivity index (χ2v) is 7.96. The summed E-state index contributed by atoms with van der Waals surface area (Å²) in [6, 6.07) is 8.39. The van der Waals surface area contributed by atoms with Crippen molar-refractivity contribution in [3.8, 4) is 0 Å². The number of carbonyl (C=O) groups is 1. The van der Waals surface area contributed by atoms with Crippen LogP contribution in [0.25, 0.3) is 0 Å². The number of oxazole rings is 1. The number of hydrogen-bond acceptors (Lipinski definition) is 4. The number of carbonyl (C=O) groups excluding carboxylic acids is 1. The van der Waals surface area contributed by atoms with Gasteiger partial charge in [0.15, 0.2) is 5.89 Å². The highest BCUT2D eigenvalue weighted by atomic mass is 19.1. The predicted molar refractivity (Wildman–Crippen MR) is 111 cm³/mol. The number of aromatic nitrogens is 3. The fraction of sp³-hybridized carbons (Fsp3) is 0.435. The standard InChI is InChI=1S/C23H27FN4O2/c1-3-6-19-13-21(27(2)26-19)23(29)28-10-5-8-17(15-28)22-25-14-20(30-22)12-16-7-4-9-18(24)11-16/h4,7,9,11,13-14,17H,3,5-6,8,10,12,15H2,1-2H3/t17-/m1/s1. The third-order valence-corrected chi connectivity index (χ3v) is 5.55. The summed E-state index contributed by atoms with van der Waals surface area (Å²) < 4.78 is 21.1. The maximum Gasteiger partial charge on any atom is 0.272 e. The monoisotopic (exact) mass is 410 g/mol. The number of hydrogen-bond donors (Lipinski definition) is 0. The van der Waals surface area contributed by atoms with Gasteiger partial charge in [0.2, 0.25) is 0 Å². The molecule has 1 atom stereocenters. The van der Waals surface area contributed by atoms with Crippen molar-refractivity contribution >= 4 is 5.91 Å². The SMILES string of the molecule is CCCc1cc(C(=O)N2CCC[C@@H](c3ncc(Cc4cccc(F)c4)o3)C2)n(C)n1. The largest absolute Gasteiger partial charge is 0.445 e. The van der Waals surface area contributed by atoms with Crippen LogP contribution >= 0.6 is 0 Å². The summed E-state index contributed by atoms with van der Waals surface area (Å²) in [5, 5.41) is 4.45. The maximum absolute atomic E-state index is 13.4. The first kappa shape index (κ1) is 20.3. The fourth-order valence-electron chi connectivity index (χ4n) is 4.07. The molecule has 0 spiro atoms. The first-order valence-electron chi connectivity index (χ1n) is 10.5. The van der Waals surface area contributed by atoms with Gasteiger partial charge in [-0.3, -0.25) is 9.48 Å². The van der Waals surface area contributed by atoms with Crippen molar-refractivity contribution in [3.63, 3.8) is 0 Å². The first-order chi connectivity index (χ1) is 14.5. The van der Waals surface area contributed by atoms with E-state index in [-0.39, 0.29) is 17.6 Å². The number of likely N-dealkylation sites (tertiary alicyclic amines) is 1. The van der Waals surface area contributed by atoms with Crippen molar-refractivity contribution < 1.29 is 13.6 Å². The molecule has 0 unspecified atom stereocenters. The molecule has 0 saturated carbocycles. The van der Waals surface area contributed by atoms with Crippen molar-refractivity contribution in [1.82, 2.24) is 19.7 Å². The third kappa shape index (κ3) is 4.45. The van der Waals surface area contributed by atoms with E-state index >= 15 is 0 Å². The maximum atomic E-state index is 13.4. The van der Waals surface area contributed by atoms with E-state index in [0.717, 1.165) is 43.5 Å². The van der Waals surface area contributed by atoms with Crippen molar-refractivity contribution in [2.45, 2.75) is 44.9 Å². The highest BCUT2D eigenvalue weighted by Gasteiger charge is 2.29. The lowest BCUT2D eigenvalue weighted by Gasteiger charge is -2.31. The van der Waals surface area contributed by atoms with Gasteiger partial charge in [-0.05, 0) is 43.0 Å². The van der Waals surface area contributed by atoms with Crippen LogP contribution in [0.1, 0.15) is 65.5 Å². The Kier molecular flexibility index (Phi) is 5.97. The van der Waals surface area contributed by atoms with Crippen LogP contribution in [-0.2, 0) is 19.9 Å². The molecule has 6 nitrogen and oxygen atoms in total. The molecule has 2 aromatic heterocycles. The van der Waals surface area contributed by atoms with E-state index < -0.39 is 0 Å². The van der Waals surface area contributed by atoms with Crippen molar-refractivity contribution in [1.29, 1.82) is 0 Å². The molecular formula is C23H27FN4O2. The van der Waals surface area contributed by atoms with Gasteiger partial charge in [-0.15, -0.1) is 0 Å². The molecule has 0 radical (unpaired) electrons. The van der Waals surface area contributed by atoms with E-state index in [1.165, 1.54) is 12.1 Å². The van der Waals surface area contributed by atoms with Gasteiger partial charge in [0.05, 0.1) is 17.8 Å². The topological polar surface area (TPSA) is 64.2 Å². The normalized spacial score (nSPS) is 16.8. The Morgan fingerprint density at radius 3 is 3.00 bits per heavy atom. The summed E-state index contributed by atoms with van der Waals surface area (Å²) in [5.74, 6) is 1.16. The molecule has 1 aliphatic heterocycles. The molecule has 1 amide bonds. The number of amides is 1. The van der Waals surface area contributed by atoms with Gasteiger partial charge in [-0.1, -0.05) is 25.5 Å². The Labute approximate surface area is 175 Å². The lowest BCUT2D eigenvalue weighted by atomic mass is 9.97. The Bertz CT molecular complexity index is 1030. The van der Waals surface area contributed by atoms with E-state index in [9.17, 15) is 9.18 Å². The molecule has 0 N–H and O–H groups in total. The molecule has 3 aromatic rings. The molecule has 1 aliphatic rings. The Morgan fingerprint density at radius 1 is 1.33 bits per heavy atom. The van der Waals surface area contributed by atoms with Gasteiger partial charge < -0.3 is 9.32 Å². The molecule has 1 fully saturated rings. The second kappa shape index (κ2) is 8.81. The molecule has 1 aromatic carbocycles. The number of nitrogens with zero attached hydrogens (tertiary/aromatic N) is 4. The van der Waals surface area contributed by atoms with Crippen molar-refractivity contribution in [2.75, 3.05) is 13.1 Å². The lowest BCUT2D eigenvalue weighted by Crippen LogP contribution is -2.40. The van der Waals surface area contributed by atoms with Crippen LogP contribution in [0, 0.1) is 5.82 Å². The minimum Gasteiger partial charge on any atom is -0.445 e. The molecule has 0 aliphatic carbocycles. The molecule has 30 heavy (non-hydrogen) atoms. The van der Waals surface area contributed by atoms with Gasteiger partial charge in [-0.25, -0.2) is 9.37 Å². The lowest BCUT2D eigenvalue weighted by molar-refractivity contribution is 0.0686. The van der Waals surface area contributed by atoms with Crippen LogP contribution in [0.4, 0.5) is 4.39 Å². The van der Waals surface area contributed by atoms with Gasteiger partial charge in [0, 0.05) is 26.6 Å². The summed E-state index contributed by atoms with van der Waals surface area (Å²) in [5.41, 5.74) is 2.42. The number of rotatable bonds is 6. The summed E-state index contributed by atoms with van der Waals surface area (Å²) in [6.07, 6.45) is 5.90. The molecule has 158 valence electrons. The summed E-state index contributed by atoms with van der Waals surface area (Å²) >= 11 is 0. The van der Waals surface area contributed by atoms with E-state index in [1.807, 2.05) is 24.1 Å². The van der Waals surface area contributed by atoms with Gasteiger partial charge in [0.25, 0.3) is 5.91 Å². The Hall–Kier alpha value is -2.96. The zero-order valence-corrected chi connectivity index (χ0v) is 17.5. The van der Waals surface area contributed by atoms with E-state index in [4.69, 9.17) is 4.42 Å². The van der Waals surface area contributed by atoms with Crippen LogP contribution in [0.3, 0.4) is 0 Å². The quantitative estimate of drug-likeness (QED) is 0.613. The van der Waals surface area contributed by atoms with Crippen LogP contribution in [0.2, 0.25) is 0 Å². The highest BCUT2D eigenvalue weighted by molar-refractivity contribution is 5.92. The van der Waals surface area contributed by atoms with E-state index in [1.54, 1.807) is 16.9 Å². The molecular weight excluding hydrogens is 383 g/mol. The minimum atomic E-state index is -0.258. The molecule has 1 saturated heterocycles. The smallest absolute Gasteiger partial charge is 0.272 e. The van der Waals surface area contributed by atoms with E-state index in [2.05, 4.69) is 17.0 Å². The van der Waals surface area contributed by atoms with Crippen LogP contribution in [0.5, 0.6) is 0 Å². The molecule has 7 heteroatoms. The average molecular weight is 410 g/mol. The van der Waals surface area contributed by atoms with E-state index in [0.29, 0.717) is 30.3 Å². The van der Waals surface area contributed by atoms with Crippen molar-refractivity contribution in [3.05, 3.63) is 70.9 Å². The Morgan fingerprint density at radius 2 is 2.20 bits per heavy atom. The number of piperidine rings is 1. The number of benzene rings is 1. The first-order valence-corrected chi connectivity index (χ1v) is 10.5. The minimum absolute atomic E-state index is 0.00333.